The van der Waals surface area contributed by atoms with E-state index in [1.165, 1.54) is 18.2 Å². The molecule has 3 rings (SSSR count). The van der Waals surface area contributed by atoms with Gasteiger partial charge in [-0.25, -0.2) is 0 Å². The minimum Gasteiger partial charge on any atom is -0.469 e. The Kier molecular flexibility index (Phi) is 6.89. The summed E-state index contributed by atoms with van der Waals surface area (Å²) >= 11 is 0. The smallest absolute Gasteiger partial charge is 0.308 e. The average Bonchev–Trinajstić information content (AvgIpc) is 2.58. The van der Waals surface area contributed by atoms with E-state index in [1.807, 2.05) is 7.05 Å². The number of ether oxygens (including phenoxy) is 1. The number of fused-ring (bicyclic) bond motifs is 1. The van der Waals surface area contributed by atoms with E-state index in [2.05, 4.69) is 39.5 Å². The molecule has 1 N–H and O–H groups in total. The van der Waals surface area contributed by atoms with E-state index in [9.17, 15) is 4.79 Å². The summed E-state index contributed by atoms with van der Waals surface area (Å²) in [7, 11) is 3.29. The maximum absolute atomic E-state index is 11.6. The van der Waals surface area contributed by atoms with Crippen molar-refractivity contribution in [3.63, 3.8) is 0 Å². The van der Waals surface area contributed by atoms with Crippen molar-refractivity contribution in [1.29, 1.82) is 0 Å². The molecule has 1 aliphatic heterocycles. The molecule has 5 nitrogen and oxygen atoms in total. The summed E-state index contributed by atoms with van der Waals surface area (Å²) in [6, 6.07) is 8.64. The molecule has 1 aromatic carbocycles. The molecule has 132 valence electrons. The van der Waals surface area contributed by atoms with Crippen LogP contribution in [-0.4, -0.2) is 50.6 Å². The van der Waals surface area contributed by atoms with Gasteiger partial charge in [-0.05, 0) is 30.4 Å². The van der Waals surface area contributed by atoms with Crippen molar-refractivity contribution < 1.29 is 9.53 Å². The molecule has 1 aromatic rings. The number of halogens is 1. The van der Waals surface area contributed by atoms with Crippen molar-refractivity contribution >= 4 is 35.9 Å². The third-order valence-electron chi connectivity index (χ3n) is 5.01. The third-order valence-corrected chi connectivity index (χ3v) is 5.01. The van der Waals surface area contributed by atoms with Crippen LogP contribution in [0.15, 0.2) is 29.3 Å². The average molecular weight is 443 g/mol. The molecule has 1 unspecified atom stereocenters. The summed E-state index contributed by atoms with van der Waals surface area (Å²) in [6.45, 7) is 2.61. The van der Waals surface area contributed by atoms with Crippen LogP contribution in [0.1, 0.15) is 29.9 Å². The summed E-state index contributed by atoms with van der Waals surface area (Å²) in [5.41, 5.74) is 2.92. The lowest BCUT2D eigenvalue weighted by Crippen LogP contribution is -2.48. The van der Waals surface area contributed by atoms with Gasteiger partial charge in [-0.3, -0.25) is 9.79 Å². The Morgan fingerprint density at radius 3 is 2.67 bits per heavy atom. The fourth-order valence-corrected chi connectivity index (χ4v) is 3.59. The van der Waals surface area contributed by atoms with Gasteiger partial charge in [0.2, 0.25) is 0 Å². The van der Waals surface area contributed by atoms with E-state index in [0.29, 0.717) is 5.92 Å². The normalized spacial score (nSPS) is 20.5. The van der Waals surface area contributed by atoms with Crippen molar-refractivity contribution in [2.75, 3.05) is 33.8 Å². The van der Waals surface area contributed by atoms with Gasteiger partial charge in [0.15, 0.2) is 5.96 Å². The number of likely N-dealkylation sites (tertiary alicyclic amines) is 1. The third kappa shape index (κ3) is 4.02. The predicted octanol–water partition coefficient (Wildman–Crippen LogP) is 2.40. The SMILES string of the molecule is CN=C(NCC1Cc2ccccc21)N1CCC(C(=O)OC)CC1.I. The number of carbonyl (C=O) groups is 1. The Labute approximate surface area is 160 Å². The minimum absolute atomic E-state index is 0. The lowest BCUT2D eigenvalue weighted by Gasteiger charge is -2.35. The predicted molar refractivity (Wildman–Crippen MR) is 106 cm³/mol. The van der Waals surface area contributed by atoms with E-state index in [-0.39, 0.29) is 35.9 Å². The first-order valence-corrected chi connectivity index (χ1v) is 8.34. The molecule has 24 heavy (non-hydrogen) atoms. The standard InChI is InChI=1S/C18H25N3O2.HI/c1-19-18(21-9-7-13(8-10-21)17(22)23-2)20-12-15-11-14-5-3-4-6-16(14)15;/h3-6,13,15H,7-12H2,1-2H3,(H,19,20);1H. The Hall–Kier alpha value is -1.31. The monoisotopic (exact) mass is 443 g/mol. The van der Waals surface area contributed by atoms with Gasteiger partial charge < -0.3 is 15.0 Å². The molecular weight excluding hydrogens is 417 g/mol. The van der Waals surface area contributed by atoms with Gasteiger partial charge in [0, 0.05) is 32.6 Å². The highest BCUT2D eigenvalue weighted by molar-refractivity contribution is 14.0. The van der Waals surface area contributed by atoms with Crippen molar-refractivity contribution in [3.05, 3.63) is 35.4 Å². The highest BCUT2D eigenvalue weighted by Gasteiger charge is 2.29. The number of guanidine groups is 1. The Morgan fingerprint density at radius 2 is 2.04 bits per heavy atom. The zero-order valence-electron chi connectivity index (χ0n) is 14.3. The maximum atomic E-state index is 11.6. The van der Waals surface area contributed by atoms with E-state index < -0.39 is 0 Å². The number of esters is 1. The summed E-state index contributed by atoms with van der Waals surface area (Å²) in [5, 5.41) is 3.50. The lowest BCUT2D eigenvalue weighted by atomic mass is 9.78. The molecule has 6 heteroatoms. The zero-order chi connectivity index (χ0) is 16.2. The molecule has 0 radical (unpaired) electrons. The molecule has 2 aliphatic rings. The van der Waals surface area contributed by atoms with E-state index in [4.69, 9.17) is 4.74 Å². The Balaban J connectivity index is 0.00000208. The zero-order valence-corrected chi connectivity index (χ0v) is 16.7. The van der Waals surface area contributed by atoms with Crippen LogP contribution in [0.2, 0.25) is 0 Å². The lowest BCUT2D eigenvalue weighted by molar-refractivity contribution is -0.146. The first-order chi connectivity index (χ1) is 11.2. The first-order valence-electron chi connectivity index (χ1n) is 8.34. The van der Waals surface area contributed by atoms with Crippen molar-refractivity contribution in [1.82, 2.24) is 10.2 Å². The maximum Gasteiger partial charge on any atom is 0.308 e. The summed E-state index contributed by atoms with van der Waals surface area (Å²) in [6.07, 6.45) is 2.81. The summed E-state index contributed by atoms with van der Waals surface area (Å²) < 4.78 is 4.84. The van der Waals surface area contributed by atoms with Crippen molar-refractivity contribution in [2.24, 2.45) is 10.9 Å². The van der Waals surface area contributed by atoms with Gasteiger partial charge in [-0.2, -0.15) is 0 Å². The summed E-state index contributed by atoms with van der Waals surface area (Å²) in [4.78, 5) is 18.2. The van der Waals surface area contributed by atoms with Crippen LogP contribution in [-0.2, 0) is 16.0 Å². The van der Waals surface area contributed by atoms with Crippen LogP contribution in [0.5, 0.6) is 0 Å². The molecular formula is C18H26IN3O2. The number of carbonyl (C=O) groups excluding carboxylic acids is 1. The number of rotatable bonds is 3. The van der Waals surface area contributed by atoms with Gasteiger partial charge >= 0.3 is 5.97 Å². The van der Waals surface area contributed by atoms with E-state index in [1.54, 1.807) is 0 Å². The molecule has 0 bridgehead atoms. The van der Waals surface area contributed by atoms with Crippen LogP contribution < -0.4 is 5.32 Å². The van der Waals surface area contributed by atoms with Crippen LogP contribution in [0.4, 0.5) is 0 Å². The second kappa shape index (κ2) is 8.69. The molecule has 0 aromatic heterocycles. The molecule has 1 heterocycles. The quantitative estimate of drug-likeness (QED) is 0.338. The molecule has 0 saturated carbocycles. The van der Waals surface area contributed by atoms with E-state index in [0.717, 1.165) is 44.9 Å². The second-order valence-corrected chi connectivity index (χ2v) is 6.31. The van der Waals surface area contributed by atoms with Crippen molar-refractivity contribution in [2.45, 2.75) is 25.2 Å². The number of hydrogen-bond acceptors (Lipinski definition) is 3. The minimum atomic E-state index is -0.0846. The van der Waals surface area contributed by atoms with Gasteiger partial charge in [0.1, 0.15) is 0 Å². The fraction of sp³-hybridized carbons (Fsp3) is 0.556. The molecule has 0 amide bonds. The van der Waals surface area contributed by atoms with Gasteiger partial charge in [-0.15, -0.1) is 24.0 Å². The van der Waals surface area contributed by atoms with Crippen LogP contribution in [0, 0.1) is 5.92 Å². The number of methoxy groups -OCH3 is 1. The first kappa shape index (κ1) is 19.0. The topological polar surface area (TPSA) is 53.9 Å². The number of piperidine rings is 1. The highest BCUT2D eigenvalue weighted by Crippen LogP contribution is 2.34. The highest BCUT2D eigenvalue weighted by atomic mass is 127. The Morgan fingerprint density at radius 1 is 1.33 bits per heavy atom. The van der Waals surface area contributed by atoms with Crippen LogP contribution in [0.3, 0.4) is 0 Å². The van der Waals surface area contributed by atoms with Gasteiger partial charge in [0.05, 0.1) is 13.0 Å². The fourth-order valence-electron chi connectivity index (χ4n) is 3.59. The largest absolute Gasteiger partial charge is 0.469 e. The molecule has 1 atom stereocenters. The molecule has 1 saturated heterocycles. The second-order valence-electron chi connectivity index (χ2n) is 6.31. The van der Waals surface area contributed by atoms with E-state index >= 15 is 0 Å². The Bertz CT molecular complexity index is 598. The number of nitrogens with one attached hydrogen (secondary N) is 1. The van der Waals surface area contributed by atoms with Crippen LogP contribution >= 0.6 is 24.0 Å². The number of aliphatic imine (C=N–C) groups is 1. The molecule has 0 spiro atoms. The number of hydrogen-bond donors (Lipinski definition) is 1. The molecule has 1 aliphatic carbocycles. The van der Waals surface area contributed by atoms with Gasteiger partial charge in [-0.1, -0.05) is 24.3 Å². The number of benzene rings is 1. The van der Waals surface area contributed by atoms with Crippen molar-refractivity contribution in [3.8, 4) is 0 Å². The van der Waals surface area contributed by atoms with Gasteiger partial charge in [0.25, 0.3) is 0 Å². The molecule has 1 fully saturated rings. The number of nitrogens with zero attached hydrogens (tertiary/aromatic N) is 2. The van der Waals surface area contributed by atoms with Crippen LogP contribution in [0.25, 0.3) is 0 Å². The summed E-state index contributed by atoms with van der Waals surface area (Å²) in [5.74, 6) is 1.47.